The quantitative estimate of drug-likeness (QED) is 0.467. The van der Waals surface area contributed by atoms with Gasteiger partial charge in [-0.05, 0) is 30.7 Å². The summed E-state index contributed by atoms with van der Waals surface area (Å²) in [5, 5.41) is 0.190. The molecule has 0 aliphatic rings. The van der Waals surface area contributed by atoms with Gasteiger partial charge in [-0.1, -0.05) is 22.8 Å². The normalized spacial score (nSPS) is 12.6. The zero-order valence-electron chi connectivity index (χ0n) is 13.1. The van der Waals surface area contributed by atoms with Crippen molar-refractivity contribution in [2.75, 3.05) is 0 Å². The molecule has 9 heteroatoms. The number of hydrogen-bond acceptors (Lipinski definition) is 2. The molecule has 1 aromatic heterocycles. The molecule has 0 fully saturated rings. The van der Waals surface area contributed by atoms with Crippen molar-refractivity contribution < 1.29 is 35.3 Å². The zero-order chi connectivity index (χ0) is 19.3. The molecular weight excluding hydrogens is 364 g/mol. The Morgan fingerprint density at radius 2 is 1.42 bits per heavy atom. The number of aryl methyl sites for hydroxylation is 1. The van der Waals surface area contributed by atoms with Gasteiger partial charge in [0.1, 0.15) is 11.1 Å². The number of hydrogen-bond donors (Lipinski definition) is 0. The summed E-state index contributed by atoms with van der Waals surface area (Å²) in [6.07, 6.45) is -9.29. The Morgan fingerprint density at radius 3 is 1.96 bits per heavy atom. The first-order chi connectivity index (χ1) is 12.0. The largest absolute Gasteiger partial charge is 0.608 e. The van der Waals surface area contributed by atoms with Gasteiger partial charge >= 0.3 is 18.1 Å². The highest BCUT2D eigenvalue weighted by molar-refractivity contribution is 5.78. The highest BCUT2D eigenvalue weighted by atomic mass is 19.4. The number of para-hydroxylation sites is 2. The Hall–Kier alpha value is -2.84. The topological polar surface area (TPSA) is 34.1 Å². The van der Waals surface area contributed by atoms with Crippen molar-refractivity contribution in [2.45, 2.75) is 19.3 Å². The van der Waals surface area contributed by atoms with Crippen LogP contribution in [0.4, 0.5) is 26.3 Å². The van der Waals surface area contributed by atoms with E-state index in [0.717, 1.165) is 6.20 Å². The summed E-state index contributed by atoms with van der Waals surface area (Å²) in [6.45, 7) is 1.60. The molecule has 3 rings (SSSR count). The van der Waals surface area contributed by atoms with E-state index in [2.05, 4.69) is 0 Å². The van der Waals surface area contributed by atoms with Crippen LogP contribution in [0, 0.1) is 6.92 Å². The summed E-state index contributed by atoms with van der Waals surface area (Å²) in [7, 11) is 0. The monoisotopic (exact) mass is 374 g/mol. The van der Waals surface area contributed by atoms with E-state index in [1.165, 1.54) is 6.07 Å². The first kappa shape index (κ1) is 18.0. The van der Waals surface area contributed by atoms with Gasteiger partial charge in [0.05, 0.1) is 5.39 Å². The maximum atomic E-state index is 13.3. The van der Waals surface area contributed by atoms with Crippen LogP contribution in [0.2, 0.25) is 0 Å². The minimum atomic E-state index is -5.10. The second kappa shape index (κ2) is 5.86. The number of benzene rings is 2. The molecule has 1 heterocycles. The number of alkyl halides is 6. The van der Waals surface area contributed by atoms with Crippen LogP contribution in [0.15, 0.2) is 51.8 Å². The fraction of sp³-hybridized carbons (Fsp3) is 0.176. The number of nitrogens with zero attached hydrogens (tertiary/aromatic N) is 1. The average Bonchev–Trinajstić information content (AvgIpc) is 2.53. The van der Waals surface area contributed by atoms with Crippen LogP contribution >= 0.6 is 0 Å². The summed E-state index contributed by atoms with van der Waals surface area (Å²) in [6, 6.07) is 6.17. The van der Waals surface area contributed by atoms with E-state index in [1.54, 1.807) is 19.1 Å². The molecule has 0 spiro atoms. The molecule has 0 atom stereocenters. The van der Waals surface area contributed by atoms with Crippen LogP contribution in [-0.4, -0.2) is 0 Å². The lowest BCUT2D eigenvalue weighted by atomic mass is 10.1. The van der Waals surface area contributed by atoms with Crippen molar-refractivity contribution in [3.63, 3.8) is 0 Å². The SMILES string of the molecule is Cc1cccc2c[n+](-c3c(C(F)(F)F)cccc3C(F)(F)F)c(=O)oc12. The molecule has 136 valence electrons. The second-order valence-electron chi connectivity index (χ2n) is 5.56. The van der Waals surface area contributed by atoms with Gasteiger partial charge in [0.15, 0.2) is 11.8 Å². The van der Waals surface area contributed by atoms with Crippen LogP contribution in [-0.2, 0) is 12.4 Å². The lowest BCUT2D eigenvalue weighted by molar-refractivity contribution is -0.625. The van der Waals surface area contributed by atoms with Gasteiger partial charge in [0, 0.05) is 0 Å². The highest BCUT2D eigenvalue weighted by Crippen LogP contribution is 2.39. The van der Waals surface area contributed by atoms with E-state index in [9.17, 15) is 31.1 Å². The van der Waals surface area contributed by atoms with Crippen molar-refractivity contribution >= 4 is 11.0 Å². The van der Waals surface area contributed by atoms with E-state index in [0.29, 0.717) is 23.8 Å². The van der Waals surface area contributed by atoms with Gasteiger partial charge in [-0.2, -0.15) is 31.1 Å². The van der Waals surface area contributed by atoms with E-state index in [4.69, 9.17) is 4.42 Å². The number of halogens is 6. The molecule has 26 heavy (non-hydrogen) atoms. The third kappa shape index (κ3) is 3.04. The summed E-state index contributed by atoms with van der Waals surface area (Å²) in [4.78, 5) is 12.2. The molecular formula is C17H10F6NO2+. The maximum Gasteiger partial charge on any atom is 0.608 e. The van der Waals surface area contributed by atoms with Gasteiger partial charge in [-0.25, -0.2) is 0 Å². The van der Waals surface area contributed by atoms with Crippen molar-refractivity contribution in [3.05, 3.63) is 69.8 Å². The van der Waals surface area contributed by atoms with Gasteiger partial charge < -0.3 is 4.42 Å². The molecule has 3 nitrogen and oxygen atoms in total. The molecule has 0 saturated carbocycles. The predicted octanol–water partition coefficient (Wildman–Crippen LogP) is 4.42. The summed E-state index contributed by atoms with van der Waals surface area (Å²) >= 11 is 0. The Morgan fingerprint density at radius 1 is 0.885 bits per heavy atom. The van der Waals surface area contributed by atoms with Crippen molar-refractivity contribution in [3.8, 4) is 5.69 Å². The number of fused-ring (bicyclic) bond motifs is 1. The third-order valence-electron chi connectivity index (χ3n) is 3.78. The van der Waals surface area contributed by atoms with Crippen LogP contribution in [0.1, 0.15) is 16.7 Å². The minimum Gasteiger partial charge on any atom is -0.371 e. The molecule has 0 amide bonds. The van der Waals surface area contributed by atoms with Crippen LogP contribution in [0.5, 0.6) is 0 Å². The molecule has 3 aromatic rings. The van der Waals surface area contributed by atoms with Crippen LogP contribution in [0.3, 0.4) is 0 Å². The van der Waals surface area contributed by atoms with Gasteiger partial charge in [0.25, 0.3) is 0 Å². The second-order valence-corrected chi connectivity index (χ2v) is 5.56. The van der Waals surface area contributed by atoms with Gasteiger partial charge in [-0.3, -0.25) is 0 Å². The molecule has 0 radical (unpaired) electrons. The van der Waals surface area contributed by atoms with E-state index in [-0.39, 0.29) is 15.5 Å². The van der Waals surface area contributed by atoms with E-state index >= 15 is 0 Å². The highest BCUT2D eigenvalue weighted by Gasteiger charge is 2.46. The standard InChI is InChI=1S/C17H10F6NO2/c1-9-4-2-5-10-8-24(15(25)26-14(9)10)13-11(16(18,19)20)6-3-7-12(13)17(21,22)23/h2-8H,1H3/q+1. The van der Waals surface area contributed by atoms with Gasteiger partial charge in [0.2, 0.25) is 5.69 Å². The summed E-state index contributed by atoms with van der Waals surface area (Å²) in [5.41, 5.74) is -3.88. The minimum absolute atomic E-state index is 0.0896. The predicted molar refractivity (Wildman–Crippen MR) is 78.8 cm³/mol. The fourth-order valence-electron chi connectivity index (χ4n) is 2.66. The van der Waals surface area contributed by atoms with E-state index < -0.39 is 34.9 Å². The fourth-order valence-corrected chi connectivity index (χ4v) is 2.66. The molecule has 0 N–H and O–H groups in total. The smallest absolute Gasteiger partial charge is 0.371 e. The Kier molecular flexibility index (Phi) is 4.05. The summed E-state index contributed by atoms with van der Waals surface area (Å²) in [5.74, 6) is -1.35. The molecule has 0 aliphatic heterocycles. The summed E-state index contributed by atoms with van der Waals surface area (Å²) < 4.78 is 85.0. The van der Waals surface area contributed by atoms with Crippen LogP contribution < -0.4 is 10.3 Å². The molecule has 0 saturated heterocycles. The first-order valence-electron chi connectivity index (χ1n) is 7.23. The van der Waals surface area contributed by atoms with E-state index in [1.807, 2.05) is 0 Å². The van der Waals surface area contributed by atoms with Crippen molar-refractivity contribution in [2.24, 2.45) is 0 Å². The van der Waals surface area contributed by atoms with Crippen molar-refractivity contribution in [1.29, 1.82) is 0 Å². The lowest BCUT2D eigenvalue weighted by Gasteiger charge is -2.13. The Balaban J connectivity index is 2.45. The zero-order valence-corrected chi connectivity index (χ0v) is 13.1. The molecule has 2 aromatic carbocycles. The first-order valence-corrected chi connectivity index (χ1v) is 7.23. The molecule has 0 aliphatic carbocycles. The lowest BCUT2D eigenvalue weighted by Crippen LogP contribution is -2.49. The number of rotatable bonds is 1. The average molecular weight is 374 g/mol. The maximum absolute atomic E-state index is 13.3. The van der Waals surface area contributed by atoms with Gasteiger partial charge in [-0.15, -0.1) is 0 Å². The Bertz CT molecular complexity index is 1020. The van der Waals surface area contributed by atoms with Crippen LogP contribution in [0.25, 0.3) is 16.7 Å². The molecule has 0 bridgehead atoms. The number of aromatic nitrogens is 1. The van der Waals surface area contributed by atoms with Crippen molar-refractivity contribution in [1.82, 2.24) is 0 Å². The third-order valence-corrected chi connectivity index (χ3v) is 3.78. The molecule has 0 unspecified atom stereocenters. The Labute approximate surface area is 142 Å².